The van der Waals surface area contributed by atoms with E-state index in [1.165, 1.54) is 17.5 Å². The van der Waals surface area contributed by atoms with E-state index < -0.39 is 0 Å². The predicted octanol–water partition coefficient (Wildman–Crippen LogP) is 2.78. The van der Waals surface area contributed by atoms with Crippen LogP contribution in [0.25, 0.3) is 0 Å². The van der Waals surface area contributed by atoms with Crippen molar-refractivity contribution in [1.29, 1.82) is 0 Å². The quantitative estimate of drug-likeness (QED) is 0.271. The molecule has 2 N–H and O–H groups in total. The number of guanidine groups is 1. The number of aryl methyl sites for hydroxylation is 1. The third-order valence-corrected chi connectivity index (χ3v) is 4.19. The van der Waals surface area contributed by atoms with Gasteiger partial charge in [-0.25, -0.2) is 4.99 Å². The molecule has 0 bridgehead atoms. The van der Waals surface area contributed by atoms with Crippen molar-refractivity contribution in [3.63, 3.8) is 0 Å². The Balaban J connectivity index is 0.00000312. The van der Waals surface area contributed by atoms with Gasteiger partial charge in [0.25, 0.3) is 0 Å². The average Bonchev–Trinajstić information content (AvgIpc) is 2.61. The summed E-state index contributed by atoms with van der Waals surface area (Å²) in [5.74, 6) is 0.914. The molecule has 6 heteroatoms. The van der Waals surface area contributed by atoms with Crippen molar-refractivity contribution in [3.05, 3.63) is 35.4 Å². The largest absolute Gasteiger partial charge is 0.379 e. The molecule has 0 aliphatic carbocycles. The fraction of sp³-hybridized carbons (Fsp3) is 0.632. The van der Waals surface area contributed by atoms with Gasteiger partial charge < -0.3 is 15.4 Å². The van der Waals surface area contributed by atoms with Crippen molar-refractivity contribution in [1.82, 2.24) is 15.5 Å². The van der Waals surface area contributed by atoms with Crippen LogP contribution in [0.3, 0.4) is 0 Å². The SMILES string of the molecule is CCCCNC(=NCc1ccc(C)cc1)NCCN1CCOCC1.I. The van der Waals surface area contributed by atoms with E-state index in [0.717, 1.165) is 58.3 Å². The number of ether oxygens (including phenoxy) is 1. The minimum Gasteiger partial charge on any atom is -0.379 e. The maximum atomic E-state index is 5.39. The van der Waals surface area contributed by atoms with Gasteiger partial charge in [0.05, 0.1) is 19.8 Å². The van der Waals surface area contributed by atoms with Crippen LogP contribution in [0.15, 0.2) is 29.3 Å². The molecule has 0 aromatic heterocycles. The first-order valence-corrected chi connectivity index (χ1v) is 9.16. The number of nitrogens with one attached hydrogen (secondary N) is 2. The normalized spacial score (nSPS) is 15.5. The number of hydrogen-bond acceptors (Lipinski definition) is 3. The van der Waals surface area contributed by atoms with Gasteiger partial charge in [-0.1, -0.05) is 43.2 Å². The molecule has 25 heavy (non-hydrogen) atoms. The molecule has 1 aliphatic heterocycles. The highest BCUT2D eigenvalue weighted by Crippen LogP contribution is 2.04. The molecule has 0 saturated carbocycles. The van der Waals surface area contributed by atoms with Crippen LogP contribution in [0.1, 0.15) is 30.9 Å². The summed E-state index contributed by atoms with van der Waals surface area (Å²) in [6.45, 7) is 11.7. The second-order valence-corrected chi connectivity index (χ2v) is 6.31. The van der Waals surface area contributed by atoms with Crippen LogP contribution < -0.4 is 10.6 Å². The molecule has 0 amide bonds. The van der Waals surface area contributed by atoms with Gasteiger partial charge >= 0.3 is 0 Å². The maximum Gasteiger partial charge on any atom is 0.191 e. The maximum absolute atomic E-state index is 5.39. The molecule has 2 rings (SSSR count). The van der Waals surface area contributed by atoms with E-state index in [2.05, 4.69) is 53.6 Å². The molecule has 1 saturated heterocycles. The van der Waals surface area contributed by atoms with Gasteiger partial charge in [-0.15, -0.1) is 24.0 Å². The number of nitrogens with zero attached hydrogens (tertiary/aromatic N) is 2. The first kappa shape index (κ1) is 22.2. The van der Waals surface area contributed by atoms with Gasteiger partial charge in [-0.3, -0.25) is 4.90 Å². The summed E-state index contributed by atoms with van der Waals surface area (Å²) >= 11 is 0. The van der Waals surface area contributed by atoms with Gasteiger partial charge in [-0.2, -0.15) is 0 Å². The van der Waals surface area contributed by atoms with Crippen molar-refractivity contribution in [2.75, 3.05) is 45.9 Å². The average molecular weight is 460 g/mol. The van der Waals surface area contributed by atoms with E-state index >= 15 is 0 Å². The topological polar surface area (TPSA) is 48.9 Å². The smallest absolute Gasteiger partial charge is 0.191 e. The number of aliphatic imine (C=N–C) groups is 1. The highest BCUT2D eigenvalue weighted by Gasteiger charge is 2.09. The Bertz CT molecular complexity index is 487. The number of morpholine rings is 1. The fourth-order valence-electron chi connectivity index (χ4n) is 2.58. The van der Waals surface area contributed by atoms with Gasteiger partial charge in [0, 0.05) is 32.7 Å². The summed E-state index contributed by atoms with van der Waals surface area (Å²) in [4.78, 5) is 7.16. The molecule has 0 radical (unpaired) electrons. The first-order valence-electron chi connectivity index (χ1n) is 9.16. The van der Waals surface area contributed by atoms with Crippen LogP contribution in [0.2, 0.25) is 0 Å². The molecule has 1 aliphatic rings. The second kappa shape index (κ2) is 13.4. The molecular formula is C19H33IN4O. The summed E-state index contributed by atoms with van der Waals surface area (Å²) in [5.41, 5.74) is 2.53. The first-order chi connectivity index (χ1) is 11.8. The van der Waals surface area contributed by atoms with Crippen LogP contribution in [-0.2, 0) is 11.3 Å². The van der Waals surface area contributed by atoms with Crippen molar-refractivity contribution in [3.8, 4) is 0 Å². The van der Waals surface area contributed by atoms with Gasteiger partial charge in [-0.05, 0) is 18.9 Å². The summed E-state index contributed by atoms with van der Waals surface area (Å²) in [5, 5.41) is 6.90. The second-order valence-electron chi connectivity index (χ2n) is 6.31. The minimum atomic E-state index is 0. The van der Waals surface area contributed by atoms with Gasteiger partial charge in [0.1, 0.15) is 0 Å². The Labute approximate surface area is 169 Å². The number of unbranched alkanes of at least 4 members (excludes halogenated alkanes) is 1. The van der Waals surface area contributed by atoms with Gasteiger partial charge in [0.15, 0.2) is 5.96 Å². The zero-order chi connectivity index (χ0) is 17.0. The number of benzene rings is 1. The third-order valence-electron chi connectivity index (χ3n) is 4.19. The van der Waals surface area contributed by atoms with Crippen molar-refractivity contribution in [2.45, 2.75) is 33.2 Å². The number of rotatable bonds is 8. The third kappa shape index (κ3) is 9.42. The van der Waals surface area contributed by atoms with E-state index in [0.29, 0.717) is 6.54 Å². The standard InChI is InChI=1S/C19H32N4O.HI/c1-3-4-9-20-19(21-10-11-23-12-14-24-15-13-23)22-16-18-7-5-17(2)6-8-18;/h5-8H,3-4,9-16H2,1-2H3,(H2,20,21,22);1H. The minimum absolute atomic E-state index is 0. The van der Waals surface area contributed by atoms with Crippen molar-refractivity contribution >= 4 is 29.9 Å². The van der Waals surface area contributed by atoms with Crippen LogP contribution >= 0.6 is 24.0 Å². The van der Waals surface area contributed by atoms with Crippen molar-refractivity contribution < 1.29 is 4.74 Å². The molecule has 0 spiro atoms. The van der Waals surface area contributed by atoms with Crippen LogP contribution in [0, 0.1) is 6.92 Å². The van der Waals surface area contributed by atoms with E-state index in [4.69, 9.17) is 9.73 Å². The van der Waals surface area contributed by atoms with Crippen molar-refractivity contribution in [2.24, 2.45) is 4.99 Å². The van der Waals surface area contributed by atoms with Gasteiger partial charge in [0.2, 0.25) is 0 Å². The lowest BCUT2D eigenvalue weighted by molar-refractivity contribution is 0.0389. The Kier molecular flexibility index (Phi) is 11.9. The van der Waals surface area contributed by atoms with E-state index in [9.17, 15) is 0 Å². The lowest BCUT2D eigenvalue weighted by Crippen LogP contribution is -2.44. The Hall–Kier alpha value is -0.860. The molecule has 0 atom stereocenters. The Morgan fingerprint density at radius 1 is 1.12 bits per heavy atom. The molecular weight excluding hydrogens is 427 g/mol. The molecule has 1 aromatic rings. The molecule has 1 aromatic carbocycles. The monoisotopic (exact) mass is 460 g/mol. The van der Waals surface area contributed by atoms with E-state index in [1.807, 2.05) is 0 Å². The lowest BCUT2D eigenvalue weighted by atomic mass is 10.1. The highest BCUT2D eigenvalue weighted by molar-refractivity contribution is 14.0. The molecule has 1 heterocycles. The molecule has 1 fully saturated rings. The highest BCUT2D eigenvalue weighted by atomic mass is 127. The molecule has 142 valence electrons. The number of halogens is 1. The van der Waals surface area contributed by atoms with E-state index in [-0.39, 0.29) is 24.0 Å². The Morgan fingerprint density at radius 3 is 2.48 bits per heavy atom. The molecule has 0 unspecified atom stereocenters. The zero-order valence-electron chi connectivity index (χ0n) is 15.6. The summed E-state index contributed by atoms with van der Waals surface area (Å²) in [6.07, 6.45) is 2.35. The lowest BCUT2D eigenvalue weighted by Gasteiger charge is -2.26. The van der Waals surface area contributed by atoms with Crippen LogP contribution in [0.4, 0.5) is 0 Å². The number of hydrogen-bond donors (Lipinski definition) is 2. The fourth-order valence-corrected chi connectivity index (χ4v) is 2.58. The van der Waals surface area contributed by atoms with Crippen LogP contribution in [0.5, 0.6) is 0 Å². The Morgan fingerprint density at radius 2 is 1.80 bits per heavy atom. The predicted molar refractivity (Wildman–Crippen MR) is 116 cm³/mol. The zero-order valence-corrected chi connectivity index (χ0v) is 17.9. The van der Waals surface area contributed by atoms with E-state index in [1.54, 1.807) is 0 Å². The molecule has 5 nitrogen and oxygen atoms in total. The summed E-state index contributed by atoms with van der Waals surface area (Å²) < 4.78 is 5.39. The summed E-state index contributed by atoms with van der Waals surface area (Å²) in [7, 11) is 0. The summed E-state index contributed by atoms with van der Waals surface area (Å²) in [6, 6.07) is 8.58. The van der Waals surface area contributed by atoms with Crippen LogP contribution in [-0.4, -0.2) is 56.8 Å².